The lowest BCUT2D eigenvalue weighted by molar-refractivity contribution is 0.102. The molecule has 27 heavy (non-hydrogen) atoms. The van der Waals surface area contributed by atoms with E-state index in [4.69, 9.17) is 4.74 Å². The lowest BCUT2D eigenvalue weighted by atomic mass is 10.2. The number of amides is 1. The van der Waals surface area contributed by atoms with Crippen molar-refractivity contribution in [3.05, 3.63) is 48.0 Å². The number of piperidine rings is 1. The number of sulfonamides is 1. The second-order valence-corrected chi connectivity index (χ2v) is 8.06. The molecule has 1 N–H and O–H groups in total. The number of halogens is 1. The smallest absolute Gasteiger partial charge is 0.255 e. The fourth-order valence-electron chi connectivity index (χ4n) is 2.95. The maximum absolute atomic E-state index is 13.2. The lowest BCUT2D eigenvalue weighted by Gasteiger charge is -2.26. The fraction of sp³-hybridized carbons (Fsp3) is 0.333. The third-order valence-electron chi connectivity index (χ3n) is 4.34. The number of rotatable bonds is 5. The summed E-state index contributed by atoms with van der Waals surface area (Å²) in [4.78, 5) is 15.7. The molecule has 1 saturated heterocycles. The van der Waals surface area contributed by atoms with Crippen LogP contribution in [0.3, 0.4) is 0 Å². The summed E-state index contributed by atoms with van der Waals surface area (Å²) in [6.07, 6.45) is 3.81. The highest BCUT2D eigenvalue weighted by atomic mass is 32.2. The number of pyridine rings is 1. The molecule has 0 saturated carbocycles. The molecule has 1 aromatic heterocycles. The molecular formula is C18H20FN3O4S. The van der Waals surface area contributed by atoms with Crippen LogP contribution in [0.4, 0.5) is 10.1 Å². The van der Waals surface area contributed by atoms with Gasteiger partial charge in [0.1, 0.15) is 10.6 Å². The summed E-state index contributed by atoms with van der Waals surface area (Å²) in [6, 6.07) is 6.75. The molecule has 0 aliphatic carbocycles. The lowest BCUT2D eigenvalue weighted by Crippen LogP contribution is -2.35. The summed E-state index contributed by atoms with van der Waals surface area (Å²) in [7, 11) is -2.36. The first-order chi connectivity index (χ1) is 12.9. The van der Waals surface area contributed by atoms with Crippen LogP contribution in [-0.2, 0) is 10.0 Å². The molecule has 1 aromatic carbocycles. The Morgan fingerprint density at radius 3 is 2.59 bits per heavy atom. The average Bonchev–Trinajstić information content (AvgIpc) is 2.68. The van der Waals surface area contributed by atoms with Crippen molar-refractivity contribution in [2.45, 2.75) is 24.2 Å². The Bertz CT molecular complexity index is 943. The SMILES string of the molecule is COc1ccc(NC(=O)c2ccnc(F)c2)cc1S(=O)(=O)N1CCCCC1. The number of benzene rings is 1. The molecule has 0 radical (unpaired) electrons. The minimum atomic E-state index is -3.75. The van der Waals surface area contributed by atoms with Crippen LogP contribution in [0.5, 0.6) is 5.75 Å². The van der Waals surface area contributed by atoms with Crippen LogP contribution >= 0.6 is 0 Å². The van der Waals surface area contributed by atoms with E-state index < -0.39 is 21.9 Å². The summed E-state index contributed by atoms with van der Waals surface area (Å²) in [5, 5.41) is 2.58. The number of hydrogen-bond acceptors (Lipinski definition) is 5. The topological polar surface area (TPSA) is 88.6 Å². The summed E-state index contributed by atoms with van der Waals surface area (Å²) < 4.78 is 45.8. The molecule has 0 bridgehead atoms. The van der Waals surface area contributed by atoms with Gasteiger partial charge < -0.3 is 10.1 Å². The van der Waals surface area contributed by atoms with Crippen molar-refractivity contribution in [3.63, 3.8) is 0 Å². The van der Waals surface area contributed by atoms with E-state index in [0.717, 1.165) is 25.3 Å². The molecular weight excluding hydrogens is 373 g/mol. The van der Waals surface area contributed by atoms with Crippen molar-refractivity contribution in [2.24, 2.45) is 0 Å². The third kappa shape index (κ3) is 4.25. The zero-order chi connectivity index (χ0) is 19.4. The Labute approximate surface area is 157 Å². The Kier molecular flexibility index (Phi) is 5.71. The second-order valence-electron chi connectivity index (χ2n) is 6.15. The van der Waals surface area contributed by atoms with Gasteiger partial charge >= 0.3 is 0 Å². The maximum atomic E-state index is 13.2. The van der Waals surface area contributed by atoms with Gasteiger partial charge in [-0.3, -0.25) is 4.79 Å². The number of nitrogens with one attached hydrogen (secondary N) is 1. The highest BCUT2D eigenvalue weighted by Gasteiger charge is 2.29. The number of carbonyl (C=O) groups is 1. The van der Waals surface area contributed by atoms with E-state index in [1.54, 1.807) is 0 Å². The minimum Gasteiger partial charge on any atom is -0.495 e. The van der Waals surface area contributed by atoms with Gasteiger partial charge in [0, 0.05) is 36.6 Å². The predicted molar refractivity (Wildman–Crippen MR) is 97.8 cm³/mol. The molecule has 7 nitrogen and oxygen atoms in total. The molecule has 144 valence electrons. The molecule has 0 unspecified atom stereocenters. The summed E-state index contributed by atoms with van der Waals surface area (Å²) in [5.41, 5.74) is 0.354. The van der Waals surface area contributed by atoms with Gasteiger partial charge in [0.2, 0.25) is 16.0 Å². The van der Waals surface area contributed by atoms with Crippen LogP contribution in [-0.4, -0.2) is 43.8 Å². The van der Waals surface area contributed by atoms with Gasteiger partial charge in [-0.2, -0.15) is 8.70 Å². The summed E-state index contributed by atoms with van der Waals surface area (Å²) in [6.45, 7) is 0.913. The third-order valence-corrected chi connectivity index (χ3v) is 6.26. The van der Waals surface area contributed by atoms with Crippen LogP contribution in [0.2, 0.25) is 0 Å². The molecule has 1 fully saturated rings. The molecule has 2 aromatic rings. The van der Waals surface area contributed by atoms with Crippen LogP contribution in [0.1, 0.15) is 29.6 Å². The largest absolute Gasteiger partial charge is 0.495 e. The van der Waals surface area contributed by atoms with Crippen LogP contribution in [0.25, 0.3) is 0 Å². The molecule has 2 heterocycles. The van der Waals surface area contributed by atoms with E-state index in [2.05, 4.69) is 10.3 Å². The Morgan fingerprint density at radius 2 is 1.93 bits per heavy atom. The van der Waals surface area contributed by atoms with Crippen molar-refractivity contribution in [3.8, 4) is 5.75 Å². The maximum Gasteiger partial charge on any atom is 0.255 e. The normalized spacial score (nSPS) is 15.3. The number of aromatic nitrogens is 1. The van der Waals surface area contributed by atoms with Gasteiger partial charge in [-0.15, -0.1) is 0 Å². The molecule has 1 amide bonds. The minimum absolute atomic E-state index is 0.00870. The first-order valence-corrected chi connectivity index (χ1v) is 9.97. The molecule has 1 aliphatic heterocycles. The number of hydrogen-bond donors (Lipinski definition) is 1. The first kappa shape index (κ1) is 19.2. The Balaban J connectivity index is 1.90. The highest BCUT2D eigenvalue weighted by Crippen LogP contribution is 2.31. The molecule has 1 aliphatic rings. The van der Waals surface area contributed by atoms with E-state index in [9.17, 15) is 17.6 Å². The van der Waals surface area contributed by atoms with Gasteiger partial charge in [0.05, 0.1) is 7.11 Å². The molecule has 9 heteroatoms. The van der Waals surface area contributed by atoms with Crippen LogP contribution in [0, 0.1) is 5.95 Å². The van der Waals surface area contributed by atoms with Crippen LogP contribution < -0.4 is 10.1 Å². The number of anilines is 1. The first-order valence-electron chi connectivity index (χ1n) is 8.53. The van der Waals surface area contributed by atoms with Gasteiger partial charge in [0.25, 0.3) is 5.91 Å². The number of methoxy groups -OCH3 is 1. The van der Waals surface area contributed by atoms with E-state index in [-0.39, 0.29) is 21.9 Å². The quantitative estimate of drug-likeness (QED) is 0.789. The predicted octanol–water partition coefficient (Wildman–Crippen LogP) is 2.66. The van der Waals surface area contributed by atoms with Crippen molar-refractivity contribution in [1.29, 1.82) is 0 Å². The van der Waals surface area contributed by atoms with Crippen molar-refractivity contribution >= 4 is 21.6 Å². The summed E-state index contributed by atoms with van der Waals surface area (Å²) in [5.74, 6) is -1.14. The number of nitrogens with zero attached hydrogens (tertiary/aromatic N) is 2. The van der Waals surface area contributed by atoms with Gasteiger partial charge in [-0.25, -0.2) is 13.4 Å². The van der Waals surface area contributed by atoms with Crippen LogP contribution in [0.15, 0.2) is 41.4 Å². The monoisotopic (exact) mass is 393 g/mol. The van der Waals surface area contributed by atoms with E-state index >= 15 is 0 Å². The zero-order valence-corrected chi connectivity index (χ0v) is 15.6. The zero-order valence-electron chi connectivity index (χ0n) is 14.8. The van der Waals surface area contributed by atoms with E-state index in [1.807, 2.05) is 0 Å². The molecule has 0 spiro atoms. The van der Waals surface area contributed by atoms with Gasteiger partial charge in [-0.1, -0.05) is 6.42 Å². The standard InChI is InChI=1S/C18H20FN3O4S/c1-26-15-6-5-14(21-18(23)13-7-8-20-17(19)11-13)12-16(15)27(24,25)22-9-3-2-4-10-22/h5-8,11-12H,2-4,9-10H2,1H3,(H,21,23). The van der Waals surface area contributed by atoms with Crippen molar-refractivity contribution in [2.75, 3.05) is 25.5 Å². The molecule has 0 atom stereocenters. The van der Waals surface area contributed by atoms with Crippen molar-refractivity contribution in [1.82, 2.24) is 9.29 Å². The average molecular weight is 393 g/mol. The second kappa shape index (κ2) is 8.01. The van der Waals surface area contributed by atoms with E-state index in [0.29, 0.717) is 13.1 Å². The van der Waals surface area contributed by atoms with Gasteiger partial charge in [-0.05, 0) is 37.1 Å². The van der Waals surface area contributed by atoms with Crippen molar-refractivity contribution < 1.29 is 22.3 Å². The fourth-order valence-corrected chi connectivity index (χ4v) is 4.65. The Morgan fingerprint density at radius 1 is 1.19 bits per heavy atom. The highest BCUT2D eigenvalue weighted by molar-refractivity contribution is 7.89. The summed E-state index contributed by atoms with van der Waals surface area (Å²) >= 11 is 0. The molecule has 3 rings (SSSR count). The van der Waals surface area contributed by atoms with E-state index in [1.165, 1.54) is 41.9 Å². The Hall–Kier alpha value is -2.52. The number of carbonyl (C=O) groups excluding carboxylic acids is 1. The number of ether oxygens (including phenoxy) is 1. The van der Waals surface area contributed by atoms with Gasteiger partial charge in [0.15, 0.2) is 0 Å².